The number of hydrogen-bond donors (Lipinski definition) is 2. The van der Waals surface area contributed by atoms with Gasteiger partial charge in [0.1, 0.15) is 6.04 Å². The van der Waals surface area contributed by atoms with E-state index >= 15 is 0 Å². The van der Waals surface area contributed by atoms with E-state index in [4.69, 9.17) is 34.0 Å². The Morgan fingerprint density at radius 1 is 1.13 bits per heavy atom. The van der Waals surface area contributed by atoms with E-state index in [-0.39, 0.29) is 29.2 Å². The lowest BCUT2D eigenvalue weighted by Gasteiger charge is -2.25. The van der Waals surface area contributed by atoms with Crippen LogP contribution in [0.4, 0.5) is 0 Å². The Kier molecular flexibility index (Phi) is 10.1. The van der Waals surface area contributed by atoms with Gasteiger partial charge in [-0.1, -0.05) is 80.1 Å². The fourth-order valence-electron chi connectivity index (χ4n) is 3.84. The standard InChI is InChI=1S/C28H31Cl2N5O3S/c1-5-6-7-8-19(4)24-17-35(33-26(24)20-9-11-21(29)12-10-20)28(32-25(18(2)3)27(31)36)34-39(37,38)23-15-13-22(30)14-16-23/h5-16,18,24-25H,4,17H2,1-3H3,(H2,31,36)(H,32,34)/b6-5+,8-7-/t24-,25-/m1/s1. The van der Waals surface area contributed by atoms with E-state index in [9.17, 15) is 13.2 Å². The lowest BCUT2D eigenvalue weighted by Crippen LogP contribution is -2.52. The fourth-order valence-corrected chi connectivity index (χ4v) is 5.05. The van der Waals surface area contributed by atoms with Crippen molar-refractivity contribution in [3.63, 3.8) is 0 Å². The van der Waals surface area contributed by atoms with Crippen LogP contribution >= 0.6 is 23.2 Å². The third-order valence-corrected chi connectivity index (χ3v) is 7.72. The number of allylic oxidation sites excluding steroid dienone is 4. The van der Waals surface area contributed by atoms with Crippen LogP contribution in [0.3, 0.4) is 0 Å². The monoisotopic (exact) mass is 587 g/mol. The van der Waals surface area contributed by atoms with Gasteiger partial charge in [-0.15, -0.1) is 4.40 Å². The molecule has 2 atom stereocenters. The molecule has 0 unspecified atom stereocenters. The maximum atomic E-state index is 13.3. The average Bonchev–Trinajstić information content (AvgIpc) is 3.32. The largest absolute Gasteiger partial charge is 0.368 e. The number of benzene rings is 2. The Balaban J connectivity index is 2.13. The summed E-state index contributed by atoms with van der Waals surface area (Å²) in [5.41, 5.74) is 7.80. The summed E-state index contributed by atoms with van der Waals surface area (Å²) < 4.78 is 30.7. The minimum atomic E-state index is -4.21. The number of nitrogens with zero attached hydrogens (tertiary/aromatic N) is 3. The molecule has 39 heavy (non-hydrogen) atoms. The Morgan fingerprint density at radius 2 is 1.72 bits per heavy atom. The minimum Gasteiger partial charge on any atom is -0.368 e. The van der Waals surface area contributed by atoms with Crippen molar-refractivity contribution in [1.29, 1.82) is 0 Å². The summed E-state index contributed by atoms with van der Waals surface area (Å²) in [6.45, 7) is 9.92. The van der Waals surface area contributed by atoms with Gasteiger partial charge in [-0.3, -0.25) is 4.79 Å². The van der Waals surface area contributed by atoms with Crippen molar-refractivity contribution in [2.24, 2.45) is 27.1 Å². The number of nitrogens with two attached hydrogens (primary N) is 1. The topological polar surface area (TPSA) is 117 Å². The summed E-state index contributed by atoms with van der Waals surface area (Å²) in [6, 6.07) is 11.9. The highest BCUT2D eigenvalue weighted by molar-refractivity contribution is 7.90. The maximum absolute atomic E-state index is 13.3. The van der Waals surface area contributed by atoms with E-state index in [1.807, 2.05) is 43.4 Å². The highest BCUT2D eigenvalue weighted by atomic mass is 35.5. The van der Waals surface area contributed by atoms with Gasteiger partial charge in [-0.25, -0.2) is 5.01 Å². The molecule has 0 aliphatic carbocycles. The van der Waals surface area contributed by atoms with Crippen molar-refractivity contribution in [2.75, 3.05) is 6.54 Å². The Hall–Kier alpha value is -3.40. The zero-order valence-electron chi connectivity index (χ0n) is 21.9. The number of carbonyl (C=O) groups is 1. The Labute approximate surface area is 239 Å². The highest BCUT2D eigenvalue weighted by Gasteiger charge is 2.34. The van der Waals surface area contributed by atoms with Gasteiger partial charge >= 0.3 is 0 Å². The molecule has 0 bridgehead atoms. The number of halogens is 2. The van der Waals surface area contributed by atoms with E-state index in [0.29, 0.717) is 15.8 Å². The van der Waals surface area contributed by atoms with Crippen molar-refractivity contribution < 1.29 is 13.2 Å². The van der Waals surface area contributed by atoms with Gasteiger partial charge < -0.3 is 11.1 Å². The van der Waals surface area contributed by atoms with Crippen LogP contribution in [0.1, 0.15) is 26.3 Å². The SMILES string of the molecule is C=C(/C=C\C=C\C)[C@H]1CN(/C(=N/S(=O)(=O)c2ccc(Cl)cc2)N[C@@H](C(N)=O)C(C)C)N=C1c1ccc(Cl)cc1. The summed E-state index contributed by atoms with van der Waals surface area (Å²) in [5, 5.41) is 10.1. The van der Waals surface area contributed by atoms with Crippen LogP contribution in [-0.4, -0.2) is 43.6 Å². The van der Waals surface area contributed by atoms with E-state index in [1.165, 1.54) is 29.3 Å². The van der Waals surface area contributed by atoms with Gasteiger partial charge in [0.25, 0.3) is 10.0 Å². The van der Waals surface area contributed by atoms with Crippen molar-refractivity contribution in [1.82, 2.24) is 10.3 Å². The molecule has 206 valence electrons. The number of primary amides is 1. The molecule has 3 N–H and O–H groups in total. The van der Waals surface area contributed by atoms with Crippen molar-refractivity contribution in [3.8, 4) is 0 Å². The van der Waals surface area contributed by atoms with Crippen molar-refractivity contribution >= 4 is 50.8 Å². The third-order valence-electron chi connectivity index (χ3n) is 5.94. The third kappa shape index (κ3) is 7.81. The molecular formula is C28H31Cl2N5O3S. The van der Waals surface area contributed by atoms with E-state index in [2.05, 4.69) is 16.3 Å². The lowest BCUT2D eigenvalue weighted by molar-refractivity contribution is -0.120. The second-order valence-electron chi connectivity index (χ2n) is 9.20. The summed E-state index contributed by atoms with van der Waals surface area (Å²) in [7, 11) is -4.21. The number of amides is 1. The first-order valence-electron chi connectivity index (χ1n) is 12.2. The molecule has 11 heteroatoms. The van der Waals surface area contributed by atoms with Crippen LogP contribution < -0.4 is 11.1 Å². The molecule has 0 radical (unpaired) electrons. The minimum absolute atomic E-state index is 0.0669. The first-order chi connectivity index (χ1) is 18.4. The zero-order chi connectivity index (χ0) is 28.7. The number of nitrogens with one attached hydrogen (secondary N) is 1. The quantitative estimate of drug-likeness (QED) is 0.238. The molecule has 3 rings (SSSR count). The Morgan fingerprint density at radius 3 is 2.26 bits per heavy atom. The van der Waals surface area contributed by atoms with E-state index in [1.54, 1.807) is 26.0 Å². The molecule has 0 saturated heterocycles. The second kappa shape index (κ2) is 13.1. The van der Waals surface area contributed by atoms with Gasteiger partial charge in [-0.05, 0) is 60.4 Å². The van der Waals surface area contributed by atoms with Gasteiger partial charge in [0.05, 0.1) is 17.2 Å². The molecule has 1 aliphatic rings. The predicted molar refractivity (Wildman–Crippen MR) is 158 cm³/mol. The average molecular weight is 589 g/mol. The maximum Gasteiger partial charge on any atom is 0.285 e. The zero-order valence-corrected chi connectivity index (χ0v) is 24.2. The molecule has 0 aromatic heterocycles. The highest BCUT2D eigenvalue weighted by Crippen LogP contribution is 2.28. The first-order valence-corrected chi connectivity index (χ1v) is 14.4. The number of hydrogen-bond acceptors (Lipinski definition) is 4. The van der Waals surface area contributed by atoms with Crippen LogP contribution in [0.15, 0.2) is 99.4 Å². The number of sulfonamides is 1. The van der Waals surface area contributed by atoms with Gasteiger partial charge in [0.2, 0.25) is 11.9 Å². The molecule has 0 fully saturated rings. The molecule has 1 heterocycles. The summed E-state index contributed by atoms with van der Waals surface area (Å²) in [5.74, 6) is -1.37. The predicted octanol–water partition coefficient (Wildman–Crippen LogP) is 5.16. The van der Waals surface area contributed by atoms with Crippen LogP contribution in [0, 0.1) is 11.8 Å². The van der Waals surface area contributed by atoms with Crippen LogP contribution in [-0.2, 0) is 14.8 Å². The van der Waals surface area contributed by atoms with E-state index < -0.39 is 22.0 Å². The summed E-state index contributed by atoms with van der Waals surface area (Å²) in [6.07, 6.45) is 7.51. The summed E-state index contributed by atoms with van der Waals surface area (Å²) in [4.78, 5) is 12.2. The van der Waals surface area contributed by atoms with Crippen LogP contribution in [0.5, 0.6) is 0 Å². The molecule has 8 nitrogen and oxygen atoms in total. The van der Waals surface area contributed by atoms with Crippen molar-refractivity contribution in [2.45, 2.75) is 31.7 Å². The molecule has 0 saturated carbocycles. The normalized spacial score (nSPS) is 17.2. The van der Waals surface area contributed by atoms with Gasteiger partial charge in [0, 0.05) is 16.0 Å². The molecule has 1 amide bonds. The smallest absolute Gasteiger partial charge is 0.285 e. The van der Waals surface area contributed by atoms with Gasteiger partial charge in [0.15, 0.2) is 0 Å². The lowest BCUT2D eigenvalue weighted by atomic mass is 9.91. The number of hydrazone groups is 1. The fraction of sp³-hybridized carbons (Fsp3) is 0.250. The molecular weight excluding hydrogens is 557 g/mol. The second-order valence-corrected chi connectivity index (χ2v) is 11.7. The molecule has 2 aromatic carbocycles. The molecule has 0 spiro atoms. The van der Waals surface area contributed by atoms with Gasteiger partial charge in [-0.2, -0.15) is 13.5 Å². The van der Waals surface area contributed by atoms with Crippen molar-refractivity contribution in [3.05, 3.63) is 101 Å². The number of rotatable bonds is 9. The molecule has 2 aromatic rings. The number of carbonyl (C=O) groups excluding carboxylic acids is 1. The van der Waals surface area contributed by atoms with E-state index in [0.717, 1.165) is 11.1 Å². The van der Waals surface area contributed by atoms with Crippen LogP contribution in [0.2, 0.25) is 10.0 Å². The van der Waals surface area contributed by atoms with Crippen LogP contribution in [0.25, 0.3) is 0 Å². The Bertz CT molecular complexity index is 1430. The number of guanidine groups is 1. The first kappa shape index (κ1) is 30.1. The summed E-state index contributed by atoms with van der Waals surface area (Å²) >= 11 is 12.0. The molecule has 1 aliphatic heterocycles.